The number of amides is 1. The standard InChI is InChI=1S/C17H24BClN2O3/c1-16(2)17(3,4)24-18(23-16)13-6-5-11(9-14(13)19)15(22)21-12-7-8-20-10-12/h5-6,9,12,20H,7-8,10H2,1-4H3,(H,21,22)/t12-/m1/s1. The molecule has 2 aliphatic heterocycles. The van der Waals surface area contributed by atoms with E-state index in [2.05, 4.69) is 10.6 Å². The van der Waals surface area contributed by atoms with Crippen LogP contribution >= 0.6 is 11.6 Å². The van der Waals surface area contributed by atoms with Gasteiger partial charge in [-0.1, -0.05) is 17.7 Å². The number of carbonyl (C=O) groups is 1. The van der Waals surface area contributed by atoms with Crippen LogP contribution in [-0.2, 0) is 9.31 Å². The van der Waals surface area contributed by atoms with Gasteiger partial charge in [-0.05, 0) is 52.8 Å². The molecule has 0 radical (unpaired) electrons. The molecule has 5 nitrogen and oxygen atoms in total. The van der Waals surface area contributed by atoms with Gasteiger partial charge in [-0.2, -0.15) is 0 Å². The van der Waals surface area contributed by atoms with E-state index in [0.29, 0.717) is 10.6 Å². The molecule has 0 unspecified atom stereocenters. The molecule has 2 heterocycles. The molecule has 1 amide bonds. The van der Waals surface area contributed by atoms with E-state index in [4.69, 9.17) is 20.9 Å². The van der Waals surface area contributed by atoms with E-state index in [-0.39, 0.29) is 11.9 Å². The molecule has 3 rings (SSSR count). The van der Waals surface area contributed by atoms with Gasteiger partial charge in [-0.25, -0.2) is 0 Å². The molecule has 24 heavy (non-hydrogen) atoms. The van der Waals surface area contributed by atoms with E-state index < -0.39 is 18.3 Å². The minimum absolute atomic E-state index is 0.105. The summed E-state index contributed by atoms with van der Waals surface area (Å²) in [6.07, 6.45) is 0.950. The third-order valence-electron chi connectivity index (χ3n) is 5.17. The maximum atomic E-state index is 12.3. The Balaban J connectivity index is 1.74. The Morgan fingerprint density at radius 3 is 2.50 bits per heavy atom. The zero-order valence-electron chi connectivity index (χ0n) is 14.6. The lowest BCUT2D eigenvalue weighted by atomic mass is 9.78. The highest BCUT2D eigenvalue weighted by Crippen LogP contribution is 2.37. The fraction of sp³-hybridized carbons (Fsp3) is 0.588. The van der Waals surface area contributed by atoms with E-state index in [1.54, 1.807) is 12.1 Å². The molecule has 2 fully saturated rings. The van der Waals surface area contributed by atoms with Crippen molar-refractivity contribution in [3.63, 3.8) is 0 Å². The van der Waals surface area contributed by atoms with Gasteiger partial charge < -0.3 is 19.9 Å². The molecular formula is C17H24BClN2O3. The smallest absolute Gasteiger partial charge is 0.399 e. The quantitative estimate of drug-likeness (QED) is 0.815. The third-order valence-corrected chi connectivity index (χ3v) is 5.49. The van der Waals surface area contributed by atoms with Crippen LogP contribution in [0.15, 0.2) is 18.2 Å². The Bertz CT molecular complexity index is 629. The molecule has 2 aliphatic rings. The summed E-state index contributed by atoms with van der Waals surface area (Å²) < 4.78 is 12.0. The number of nitrogens with one attached hydrogen (secondary N) is 2. The first kappa shape index (κ1) is 17.7. The average Bonchev–Trinajstić information content (AvgIpc) is 3.05. The monoisotopic (exact) mass is 350 g/mol. The number of benzene rings is 1. The molecule has 1 aromatic carbocycles. The van der Waals surface area contributed by atoms with Crippen molar-refractivity contribution in [1.82, 2.24) is 10.6 Å². The summed E-state index contributed by atoms with van der Waals surface area (Å²) in [6, 6.07) is 5.44. The zero-order chi connectivity index (χ0) is 17.5. The van der Waals surface area contributed by atoms with E-state index in [9.17, 15) is 4.79 Å². The lowest BCUT2D eigenvalue weighted by molar-refractivity contribution is 0.00578. The highest BCUT2D eigenvalue weighted by molar-refractivity contribution is 6.65. The van der Waals surface area contributed by atoms with Crippen molar-refractivity contribution < 1.29 is 14.1 Å². The summed E-state index contributed by atoms with van der Waals surface area (Å²) in [6.45, 7) is 9.74. The first-order chi connectivity index (χ1) is 11.2. The van der Waals surface area contributed by atoms with Crippen LogP contribution in [0.2, 0.25) is 5.02 Å². The van der Waals surface area contributed by atoms with Crippen LogP contribution in [0.1, 0.15) is 44.5 Å². The molecule has 0 bridgehead atoms. The summed E-state index contributed by atoms with van der Waals surface area (Å²) in [7, 11) is -0.529. The maximum Gasteiger partial charge on any atom is 0.496 e. The molecule has 130 valence electrons. The predicted molar refractivity (Wildman–Crippen MR) is 95.9 cm³/mol. The van der Waals surface area contributed by atoms with Gasteiger partial charge in [0.15, 0.2) is 0 Å². The largest absolute Gasteiger partial charge is 0.496 e. The molecule has 0 aliphatic carbocycles. The lowest BCUT2D eigenvalue weighted by Gasteiger charge is -2.32. The highest BCUT2D eigenvalue weighted by atomic mass is 35.5. The van der Waals surface area contributed by atoms with E-state index in [1.165, 1.54) is 0 Å². The van der Waals surface area contributed by atoms with Crippen molar-refractivity contribution in [2.24, 2.45) is 0 Å². The summed E-state index contributed by atoms with van der Waals surface area (Å²) in [5.74, 6) is -0.105. The van der Waals surface area contributed by atoms with Crippen LogP contribution in [0.5, 0.6) is 0 Å². The van der Waals surface area contributed by atoms with Gasteiger partial charge >= 0.3 is 7.12 Å². The van der Waals surface area contributed by atoms with Crippen LogP contribution in [0.3, 0.4) is 0 Å². The van der Waals surface area contributed by atoms with Crippen LogP contribution in [0.25, 0.3) is 0 Å². The fourth-order valence-corrected chi connectivity index (χ4v) is 3.15. The second kappa shape index (κ2) is 6.34. The number of hydrogen-bond acceptors (Lipinski definition) is 4. The van der Waals surface area contributed by atoms with Gasteiger partial charge in [0, 0.05) is 28.6 Å². The fourth-order valence-electron chi connectivity index (χ4n) is 2.88. The Morgan fingerprint density at radius 2 is 1.96 bits per heavy atom. The van der Waals surface area contributed by atoms with Gasteiger partial charge in [-0.15, -0.1) is 0 Å². The van der Waals surface area contributed by atoms with Crippen LogP contribution in [0, 0.1) is 0 Å². The lowest BCUT2D eigenvalue weighted by Crippen LogP contribution is -2.41. The molecule has 2 saturated heterocycles. The van der Waals surface area contributed by atoms with Crippen LogP contribution < -0.4 is 16.1 Å². The van der Waals surface area contributed by atoms with Gasteiger partial charge in [0.25, 0.3) is 5.91 Å². The number of carbonyl (C=O) groups excluding carboxylic acids is 1. The van der Waals surface area contributed by atoms with Crippen molar-refractivity contribution in [2.45, 2.75) is 51.4 Å². The molecule has 0 spiro atoms. The van der Waals surface area contributed by atoms with Crippen molar-refractivity contribution in [3.05, 3.63) is 28.8 Å². The summed E-state index contributed by atoms with van der Waals surface area (Å²) >= 11 is 6.40. The predicted octanol–water partition coefficient (Wildman–Crippen LogP) is 1.73. The Hall–Kier alpha value is -1.08. The second-order valence-corrected chi connectivity index (χ2v) is 7.89. The molecule has 7 heteroatoms. The normalized spacial score (nSPS) is 25.0. The first-order valence-electron chi connectivity index (χ1n) is 8.36. The highest BCUT2D eigenvalue weighted by Gasteiger charge is 2.52. The third kappa shape index (κ3) is 3.33. The number of rotatable bonds is 3. The Kier molecular flexibility index (Phi) is 4.68. The molecule has 1 aromatic rings. The summed E-state index contributed by atoms with van der Waals surface area (Å²) in [5, 5.41) is 6.72. The number of halogens is 1. The number of hydrogen-bond donors (Lipinski definition) is 2. The Morgan fingerprint density at radius 1 is 1.29 bits per heavy atom. The zero-order valence-corrected chi connectivity index (χ0v) is 15.4. The molecule has 1 atom stereocenters. The van der Waals surface area contributed by atoms with Gasteiger partial charge in [0.2, 0.25) is 0 Å². The van der Waals surface area contributed by atoms with E-state index in [1.807, 2.05) is 33.8 Å². The topological polar surface area (TPSA) is 59.6 Å². The van der Waals surface area contributed by atoms with Crippen molar-refractivity contribution in [3.8, 4) is 0 Å². The Labute approximate surface area is 148 Å². The van der Waals surface area contributed by atoms with Crippen molar-refractivity contribution >= 4 is 30.1 Å². The SMILES string of the molecule is CC1(C)OB(c2ccc(C(=O)N[C@@H]3CCNC3)cc2Cl)OC1(C)C. The van der Waals surface area contributed by atoms with Gasteiger partial charge in [0.1, 0.15) is 0 Å². The van der Waals surface area contributed by atoms with Gasteiger partial charge in [0.05, 0.1) is 11.2 Å². The summed E-state index contributed by atoms with van der Waals surface area (Å²) in [5.41, 5.74) is 0.445. The van der Waals surface area contributed by atoms with Crippen LogP contribution in [0.4, 0.5) is 0 Å². The minimum atomic E-state index is -0.529. The second-order valence-electron chi connectivity index (χ2n) is 7.49. The van der Waals surface area contributed by atoms with Crippen molar-refractivity contribution in [2.75, 3.05) is 13.1 Å². The average molecular weight is 351 g/mol. The minimum Gasteiger partial charge on any atom is -0.399 e. The molecule has 0 saturated carbocycles. The summed E-state index contributed by atoms with van der Waals surface area (Å²) in [4.78, 5) is 12.3. The van der Waals surface area contributed by atoms with E-state index >= 15 is 0 Å². The molecule has 2 N–H and O–H groups in total. The van der Waals surface area contributed by atoms with Gasteiger partial charge in [-0.3, -0.25) is 4.79 Å². The first-order valence-corrected chi connectivity index (χ1v) is 8.74. The van der Waals surface area contributed by atoms with Crippen LogP contribution in [-0.4, -0.2) is 43.4 Å². The molecular weight excluding hydrogens is 326 g/mol. The van der Waals surface area contributed by atoms with Crippen molar-refractivity contribution in [1.29, 1.82) is 0 Å². The molecule has 0 aromatic heterocycles. The maximum absolute atomic E-state index is 12.3. The van der Waals surface area contributed by atoms with E-state index in [0.717, 1.165) is 25.0 Å².